The van der Waals surface area contributed by atoms with Gasteiger partial charge in [-0.1, -0.05) is 18.2 Å². The molecule has 1 aromatic heterocycles. The molecule has 3 aromatic rings. The predicted octanol–water partition coefficient (Wildman–Crippen LogP) is 2.97. The molecule has 0 aliphatic rings. The highest BCUT2D eigenvalue weighted by molar-refractivity contribution is 6.05. The van der Waals surface area contributed by atoms with E-state index in [2.05, 4.69) is 15.4 Å². The molecule has 0 amide bonds. The Morgan fingerprint density at radius 2 is 1.69 bits per heavy atom. The van der Waals surface area contributed by atoms with Crippen LogP contribution >= 0.6 is 0 Å². The fourth-order valence-electron chi connectivity index (χ4n) is 2.17. The summed E-state index contributed by atoms with van der Waals surface area (Å²) in [4.78, 5) is 13.8. The van der Waals surface area contributed by atoms with E-state index in [-0.39, 0.29) is 5.90 Å². The zero-order valence-electron chi connectivity index (χ0n) is 14.7. The Morgan fingerprint density at radius 3 is 2.27 bits per heavy atom. The average Bonchev–Trinajstić information content (AvgIpc) is 3.00. The van der Waals surface area contributed by atoms with Crippen LogP contribution in [0, 0.1) is 13.8 Å². The number of methoxy groups -OCH3 is 1. The Balaban J connectivity index is 1.98. The van der Waals surface area contributed by atoms with E-state index in [1.807, 2.05) is 19.9 Å². The molecule has 0 bridgehead atoms. The molecule has 26 heavy (non-hydrogen) atoms. The lowest BCUT2D eigenvalue weighted by Crippen LogP contribution is -2.16. The molecular weight excluding hydrogens is 332 g/mol. The van der Waals surface area contributed by atoms with Gasteiger partial charge in [0.2, 0.25) is 5.90 Å². The van der Waals surface area contributed by atoms with Crippen LogP contribution in [0.25, 0.3) is 0 Å². The van der Waals surface area contributed by atoms with E-state index in [0.29, 0.717) is 16.9 Å². The van der Waals surface area contributed by atoms with Gasteiger partial charge in [-0.05, 0) is 55.5 Å². The summed E-state index contributed by atoms with van der Waals surface area (Å²) in [6.07, 6.45) is 0. The van der Waals surface area contributed by atoms with Crippen molar-refractivity contribution in [1.29, 1.82) is 0 Å². The molecule has 0 aliphatic carbocycles. The molecular formula is C19H18N4O3. The van der Waals surface area contributed by atoms with Crippen molar-refractivity contribution in [3.05, 3.63) is 77.1 Å². The number of ether oxygens (including phenoxy) is 2. The van der Waals surface area contributed by atoms with Gasteiger partial charge in [0.05, 0.1) is 24.1 Å². The van der Waals surface area contributed by atoms with Gasteiger partial charge in [-0.15, -0.1) is 15.0 Å². The van der Waals surface area contributed by atoms with E-state index in [4.69, 9.17) is 9.47 Å². The first kappa shape index (κ1) is 17.3. The standard InChI is InChI=1S/C19H18N4O3/c1-13-14(2)23(22-20-13)21-18(15-9-11-17(25-3)12-10-15)26-19(24)16-7-5-4-6-8-16/h4-12H,1-3H3/b21-18-. The van der Waals surface area contributed by atoms with Gasteiger partial charge in [0.15, 0.2) is 0 Å². The van der Waals surface area contributed by atoms with Crippen molar-refractivity contribution >= 4 is 11.9 Å². The number of rotatable bonds is 4. The van der Waals surface area contributed by atoms with E-state index in [1.165, 1.54) is 4.79 Å². The van der Waals surface area contributed by atoms with Crippen LogP contribution in [0.5, 0.6) is 5.75 Å². The van der Waals surface area contributed by atoms with Crippen LogP contribution in [0.2, 0.25) is 0 Å². The first-order chi connectivity index (χ1) is 12.6. The van der Waals surface area contributed by atoms with Crippen molar-refractivity contribution in [2.24, 2.45) is 5.10 Å². The van der Waals surface area contributed by atoms with Crippen molar-refractivity contribution in [3.8, 4) is 5.75 Å². The highest BCUT2D eigenvalue weighted by Crippen LogP contribution is 2.14. The van der Waals surface area contributed by atoms with E-state index in [1.54, 1.807) is 55.6 Å². The highest BCUT2D eigenvalue weighted by Gasteiger charge is 2.15. The molecule has 7 heteroatoms. The van der Waals surface area contributed by atoms with Gasteiger partial charge in [-0.2, -0.15) is 0 Å². The smallest absolute Gasteiger partial charge is 0.344 e. The van der Waals surface area contributed by atoms with Gasteiger partial charge >= 0.3 is 5.97 Å². The van der Waals surface area contributed by atoms with Crippen LogP contribution in [0.3, 0.4) is 0 Å². The number of hydrogen-bond acceptors (Lipinski definition) is 6. The van der Waals surface area contributed by atoms with Gasteiger partial charge in [0.25, 0.3) is 0 Å². The van der Waals surface area contributed by atoms with Crippen LogP contribution in [0.1, 0.15) is 27.3 Å². The maximum atomic E-state index is 12.5. The summed E-state index contributed by atoms with van der Waals surface area (Å²) in [6.45, 7) is 3.67. The molecule has 0 spiro atoms. The molecule has 132 valence electrons. The highest BCUT2D eigenvalue weighted by atomic mass is 16.5. The minimum Gasteiger partial charge on any atom is -0.497 e. The van der Waals surface area contributed by atoms with E-state index >= 15 is 0 Å². The lowest BCUT2D eigenvalue weighted by atomic mass is 10.2. The Hall–Kier alpha value is -3.48. The second-order valence-corrected chi connectivity index (χ2v) is 5.54. The lowest BCUT2D eigenvalue weighted by molar-refractivity contribution is 0.0716. The average molecular weight is 350 g/mol. The van der Waals surface area contributed by atoms with Crippen molar-refractivity contribution in [1.82, 2.24) is 15.1 Å². The first-order valence-corrected chi connectivity index (χ1v) is 7.98. The van der Waals surface area contributed by atoms with Crippen LogP contribution in [-0.4, -0.2) is 34.1 Å². The van der Waals surface area contributed by atoms with E-state index in [9.17, 15) is 4.79 Å². The maximum Gasteiger partial charge on any atom is 0.344 e. The summed E-state index contributed by atoms with van der Waals surface area (Å²) in [7, 11) is 1.58. The largest absolute Gasteiger partial charge is 0.497 e. The van der Waals surface area contributed by atoms with Gasteiger partial charge in [0.1, 0.15) is 5.75 Å². The fraction of sp³-hybridized carbons (Fsp3) is 0.158. The molecule has 0 atom stereocenters. The number of aryl methyl sites for hydroxylation is 1. The topological polar surface area (TPSA) is 78.6 Å². The summed E-state index contributed by atoms with van der Waals surface area (Å²) in [5.41, 5.74) is 2.55. The Kier molecular flexibility index (Phi) is 5.07. The van der Waals surface area contributed by atoms with E-state index in [0.717, 1.165) is 11.4 Å². The second kappa shape index (κ2) is 7.60. The normalized spacial score (nSPS) is 11.3. The van der Waals surface area contributed by atoms with Crippen LogP contribution in [-0.2, 0) is 4.74 Å². The fourth-order valence-corrected chi connectivity index (χ4v) is 2.17. The predicted molar refractivity (Wildman–Crippen MR) is 96.3 cm³/mol. The summed E-state index contributed by atoms with van der Waals surface area (Å²) in [5, 5.41) is 12.3. The number of benzene rings is 2. The zero-order valence-corrected chi connectivity index (χ0v) is 14.7. The summed E-state index contributed by atoms with van der Waals surface area (Å²) in [6, 6.07) is 15.8. The molecule has 0 N–H and O–H groups in total. The molecule has 0 saturated heterocycles. The number of esters is 1. The first-order valence-electron chi connectivity index (χ1n) is 7.98. The van der Waals surface area contributed by atoms with Gasteiger partial charge in [0, 0.05) is 5.56 Å². The molecule has 0 saturated carbocycles. The van der Waals surface area contributed by atoms with E-state index < -0.39 is 5.97 Å². The van der Waals surface area contributed by atoms with Crippen molar-refractivity contribution in [2.45, 2.75) is 13.8 Å². The summed E-state index contributed by atoms with van der Waals surface area (Å²) >= 11 is 0. The van der Waals surface area contributed by atoms with Crippen molar-refractivity contribution < 1.29 is 14.3 Å². The number of carbonyl (C=O) groups excluding carboxylic acids is 1. The molecule has 0 unspecified atom stereocenters. The van der Waals surface area contributed by atoms with Gasteiger partial charge < -0.3 is 9.47 Å². The molecule has 1 heterocycles. The maximum absolute atomic E-state index is 12.5. The Morgan fingerprint density at radius 1 is 1.00 bits per heavy atom. The van der Waals surface area contributed by atoms with Gasteiger partial charge in [-0.25, -0.2) is 4.79 Å². The SMILES string of the molecule is COc1ccc(/C(=N/n2nnc(C)c2C)OC(=O)c2ccccc2)cc1. The Bertz CT molecular complexity index is 931. The van der Waals surface area contributed by atoms with Gasteiger partial charge in [-0.3, -0.25) is 0 Å². The van der Waals surface area contributed by atoms with Crippen molar-refractivity contribution in [2.75, 3.05) is 7.11 Å². The quantitative estimate of drug-likeness (QED) is 0.411. The number of nitrogens with zero attached hydrogens (tertiary/aromatic N) is 4. The van der Waals surface area contributed by atoms with Crippen LogP contribution < -0.4 is 4.74 Å². The minimum atomic E-state index is -0.505. The number of aromatic nitrogens is 3. The molecule has 3 rings (SSSR count). The number of carbonyl (C=O) groups is 1. The molecule has 7 nitrogen and oxygen atoms in total. The lowest BCUT2D eigenvalue weighted by Gasteiger charge is -2.09. The minimum absolute atomic E-state index is 0.120. The molecule has 0 aliphatic heterocycles. The molecule has 0 fully saturated rings. The number of hydrogen-bond donors (Lipinski definition) is 0. The summed E-state index contributed by atoms with van der Waals surface area (Å²) < 4.78 is 10.7. The Labute approximate surface area is 150 Å². The second-order valence-electron chi connectivity index (χ2n) is 5.54. The molecule has 2 aromatic carbocycles. The van der Waals surface area contributed by atoms with Crippen LogP contribution in [0.4, 0.5) is 0 Å². The van der Waals surface area contributed by atoms with Crippen molar-refractivity contribution in [3.63, 3.8) is 0 Å². The third kappa shape index (κ3) is 3.77. The molecule has 0 radical (unpaired) electrons. The zero-order chi connectivity index (χ0) is 18.5. The third-order valence-electron chi connectivity index (χ3n) is 3.82. The third-order valence-corrected chi connectivity index (χ3v) is 3.82. The monoisotopic (exact) mass is 350 g/mol. The summed E-state index contributed by atoms with van der Waals surface area (Å²) in [5.74, 6) is 0.305. The van der Waals surface area contributed by atoms with Crippen LogP contribution in [0.15, 0.2) is 59.7 Å².